The first-order valence-electron chi connectivity index (χ1n) is 47.9. The number of aliphatic hydroxyl groups is 3. The summed E-state index contributed by atoms with van der Waals surface area (Å²) in [4.78, 5) is 154. The fourth-order valence-corrected chi connectivity index (χ4v) is 18.9. The van der Waals surface area contributed by atoms with E-state index in [1.807, 2.05) is 81.9 Å². The van der Waals surface area contributed by atoms with Gasteiger partial charge in [0.1, 0.15) is 59.7 Å². The summed E-state index contributed by atoms with van der Waals surface area (Å²) < 4.78 is 60.5. The van der Waals surface area contributed by atoms with Gasteiger partial charge in [-0.05, 0) is 136 Å². The summed E-state index contributed by atoms with van der Waals surface area (Å²) in [5.74, 6) is -8.15. The Morgan fingerprint density at radius 2 is 1.47 bits per heavy atom. The standard InChI is InChI=1S/C99H134N18O21/c1-60-15-11-10-12-16-61(2)80(129-7)47-75-22-18-65(6)99(128,138-75)89(123)94(125)116-29-14-13-17-77(116)95(126)136-81(48-78(119)62(3)42-64(5)87(122)88(131-9)86(121)63(4)41-60)76(100)44-66-20-23-79(82(45-66)130-8)137-98(127)109-51-68-49-105-97(106-50-68)115-32-31-114(57-74(115)58-118)96-107-53-73(54-108-96)93(124)103-28-34-133-36-38-135-40-39-134-37-35-132-33-26-83(120)113-30-25-69-43-67(19-21-71(69)56-113)55-117-92-84(90(101)110-59-111-92)85(112-117)72-46-70-24-27-102-91(70)104-52-72/h10-12,15-16,19,21,24,27,42-43,46,49-50,52-54,59-60,62-63,65-66,74-77,79-82,87-88,118,122,128H,13-14,17-18,20,22-23,25-26,28-41,44-45,47-48,51,55-58,100H2,1-9H3,(H,102,104)(H,103,124)(H,109,127)(H2,101,110,111)/b12-10?,15-11+,61-16?,64-42+/t60-,62-,63-,65-,66+,74?,75+,76-,77+,79-,80+,81+,82-,87-,88+,99-/m1/s1. The molecule has 6 aromatic heterocycles. The van der Waals surface area contributed by atoms with E-state index in [0.29, 0.717) is 176 Å². The lowest BCUT2D eigenvalue weighted by molar-refractivity contribution is -0.265. The average molecular weight is 1910 g/mol. The van der Waals surface area contributed by atoms with Crippen molar-refractivity contribution in [3.05, 3.63) is 149 Å². The largest absolute Gasteiger partial charge is 0.459 e. The van der Waals surface area contributed by atoms with Crippen LogP contribution in [-0.2, 0) is 102 Å². The zero-order chi connectivity index (χ0) is 98.1. The number of aromatic amines is 1. The molecule has 16 atom stereocenters. The Morgan fingerprint density at radius 1 is 0.725 bits per heavy atom. The van der Waals surface area contributed by atoms with Gasteiger partial charge in [-0.25, -0.2) is 49.2 Å². The molecule has 1 unspecified atom stereocenters. The number of ketones is 3. The number of rotatable bonds is 31. The third-order valence-corrected chi connectivity index (χ3v) is 27.0. The van der Waals surface area contributed by atoms with Gasteiger partial charge in [0.15, 0.2) is 11.4 Å². The highest BCUT2D eigenvalue weighted by Crippen LogP contribution is 2.40. The molecule has 3 saturated heterocycles. The number of nitrogens with one attached hydrogen (secondary N) is 3. The van der Waals surface area contributed by atoms with Crippen molar-refractivity contribution in [2.75, 3.05) is 136 Å². The zero-order valence-electron chi connectivity index (χ0n) is 80.3. The lowest BCUT2D eigenvalue weighted by atomic mass is 9.80. The molecule has 1 aromatic carbocycles. The van der Waals surface area contributed by atoms with Crippen molar-refractivity contribution in [1.82, 2.24) is 70.1 Å². The smallest absolute Gasteiger partial charge is 0.407 e. The normalized spacial score (nSPS) is 26.3. The first kappa shape index (κ1) is 104. The van der Waals surface area contributed by atoms with Gasteiger partial charge in [0.05, 0.1) is 108 Å². The van der Waals surface area contributed by atoms with Crippen molar-refractivity contribution in [3.8, 4) is 11.3 Å². The van der Waals surface area contributed by atoms with Crippen LogP contribution in [0.4, 0.5) is 22.5 Å². The summed E-state index contributed by atoms with van der Waals surface area (Å²) in [6.07, 6.45) is 19.6. The summed E-state index contributed by atoms with van der Waals surface area (Å²) in [7, 11) is 4.41. The number of nitrogens with zero attached hydrogens (tertiary/aromatic N) is 13. The van der Waals surface area contributed by atoms with Crippen LogP contribution in [0.15, 0.2) is 121 Å². The molecule has 4 amide bonds. The van der Waals surface area contributed by atoms with Crippen LogP contribution < -0.4 is 31.9 Å². The number of carbonyl (C=O) groups excluding carboxylic acids is 8. The minimum atomic E-state index is -2.52. The first-order chi connectivity index (χ1) is 66.6. The zero-order valence-corrected chi connectivity index (χ0v) is 80.3. The number of aromatic nitrogens is 10. The molecule has 11 heterocycles. The number of ether oxygens (including phenoxy) is 10. The molecule has 0 spiro atoms. The third-order valence-electron chi connectivity index (χ3n) is 27.0. The molecular weight excluding hydrogens is 1780 g/mol. The number of methoxy groups -OCH3 is 3. The Morgan fingerprint density at radius 3 is 2.21 bits per heavy atom. The number of benzene rings is 1. The summed E-state index contributed by atoms with van der Waals surface area (Å²) in [5, 5.41) is 46.6. The highest BCUT2D eigenvalue weighted by Gasteiger charge is 2.54. The summed E-state index contributed by atoms with van der Waals surface area (Å²) in [6, 6.07) is 7.58. The van der Waals surface area contributed by atoms with Crippen molar-refractivity contribution in [1.29, 1.82) is 0 Å². The van der Waals surface area contributed by atoms with Gasteiger partial charge >= 0.3 is 12.1 Å². The molecule has 39 nitrogen and oxygen atoms in total. The molecule has 39 heteroatoms. The van der Waals surface area contributed by atoms with Crippen LogP contribution in [0.1, 0.15) is 158 Å². The molecule has 10 N–H and O–H groups in total. The lowest BCUT2D eigenvalue weighted by Crippen LogP contribution is -2.61. The van der Waals surface area contributed by atoms with E-state index in [-0.39, 0.29) is 100 Å². The van der Waals surface area contributed by atoms with Crippen molar-refractivity contribution < 1.29 is 101 Å². The molecule has 13 rings (SSSR count). The molecule has 4 fully saturated rings. The molecule has 7 aromatic rings. The Kier molecular flexibility index (Phi) is 37.7. The van der Waals surface area contributed by atoms with Gasteiger partial charge in [0, 0.05) is 164 Å². The number of piperazine rings is 1. The number of allylic oxidation sites excluding steroid dienone is 6. The molecular formula is C99H134N18O21. The van der Waals surface area contributed by atoms with Crippen LogP contribution in [-0.4, -0.2) is 309 Å². The molecule has 1 aliphatic carbocycles. The topological polar surface area (TPSA) is 502 Å². The molecule has 1 saturated carbocycles. The van der Waals surface area contributed by atoms with Crippen LogP contribution in [0.25, 0.3) is 33.3 Å². The molecule has 138 heavy (non-hydrogen) atoms. The van der Waals surface area contributed by atoms with Crippen LogP contribution in [0, 0.1) is 29.6 Å². The van der Waals surface area contributed by atoms with E-state index in [2.05, 4.69) is 68.7 Å². The molecule has 6 aliphatic rings. The first-order valence-corrected chi connectivity index (χ1v) is 47.9. The number of hydrogen-bond acceptors (Lipinski definition) is 33. The lowest BCUT2D eigenvalue weighted by Gasteiger charge is -2.42. The minimum Gasteiger partial charge on any atom is -0.459 e. The number of Topliss-reactive ketones (excluding diaryl/α,β-unsaturated/α-hetero) is 3. The van der Waals surface area contributed by atoms with E-state index in [0.717, 1.165) is 44.6 Å². The van der Waals surface area contributed by atoms with E-state index in [1.54, 1.807) is 59.5 Å². The third kappa shape index (κ3) is 27.0. The highest BCUT2D eigenvalue weighted by molar-refractivity contribution is 6.39. The van der Waals surface area contributed by atoms with Crippen LogP contribution >= 0.6 is 0 Å². The number of amides is 4. The predicted molar refractivity (Wildman–Crippen MR) is 509 cm³/mol. The summed E-state index contributed by atoms with van der Waals surface area (Å²) in [6.45, 7) is 15.8. The second-order valence-corrected chi connectivity index (χ2v) is 36.9. The second kappa shape index (κ2) is 50.0. The maximum absolute atomic E-state index is 14.8. The van der Waals surface area contributed by atoms with Crippen LogP contribution in [0.5, 0.6) is 0 Å². The fraction of sp³-hybridized carbons (Fsp3) is 0.576. The van der Waals surface area contributed by atoms with Crippen molar-refractivity contribution >= 4 is 86.9 Å². The number of fused-ring (bicyclic) bond motifs is 6. The van der Waals surface area contributed by atoms with Gasteiger partial charge < -0.3 is 109 Å². The van der Waals surface area contributed by atoms with E-state index in [4.69, 9.17) is 63.9 Å². The summed E-state index contributed by atoms with van der Waals surface area (Å²) >= 11 is 0. The number of nitrogens with two attached hydrogens (primary N) is 2. The minimum absolute atomic E-state index is 0.00757. The van der Waals surface area contributed by atoms with E-state index in [9.17, 15) is 53.7 Å². The maximum Gasteiger partial charge on any atom is 0.407 e. The van der Waals surface area contributed by atoms with Crippen molar-refractivity contribution in [2.45, 2.75) is 218 Å². The number of anilines is 3. The second-order valence-electron chi connectivity index (χ2n) is 36.9. The molecule has 5 aliphatic heterocycles. The molecule has 746 valence electrons. The monoisotopic (exact) mass is 1910 g/mol. The number of cyclic esters (lactones) is 1. The Bertz CT molecular complexity index is 5420. The average Bonchev–Trinajstić information content (AvgIpc) is 1.60. The number of esters is 1. The number of aliphatic hydroxyl groups excluding tert-OH is 2. The van der Waals surface area contributed by atoms with Crippen molar-refractivity contribution in [2.24, 2.45) is 35.3 Å². The van der Waals surface area contributed by atoms with Crippen LogP contribution in [0.2, 0.25) is 0 Å². The predicted octanol–water partition coefficient (Wildman–Crippen LogP) is 7.16. The van der Waals surface area contributed by atoms with E-state index < -0.39 is 120 Å². The van der Waals surface area contributed by atoms with Gasteiger partial charge in [-0.2, -0.15) is 5.10 Å². The van der Waals surface area contributed by atoms with Gasteiger partial charge in [0.2, 0.25) is 23.6 Å². The summed E-state index contributed by atoms with van der Waals surface area (Å²) in [5.41, 5.74) is 21.7. The van der Waals surface area contributed by atoms with E-state index >= 15 is 0 Å². The number of alkyl carbamates (subject to hydrolysis) is 1. The number of piperidine rings is 1. The Balaban J connectivity index is 0.503. The number of H-pyrrole nitrogens is 1. The Hall–Kier alpha value is -11.3. The van der Waals surface area contributed by atoms with Gasteiger partial charge in [-0.3, -0.25) is 28.8 Å². The fourth-order valence-electron chi connectivity index (χ4n) is 18.9. The van der Waals surface area contributed by atoms with Gasteiger partial charge in [-0.15, -0.1) is 0 Å². The van der Waals surface area contributed by atoms with E-state index in [1.165, 1.54) is 38.5 Å². The molecule has 0 radical (unpaired) electrons. The number of nitrogen functional groups attached to an aromatic ring is 1. The quantitative estimate of drug-likeness (QED) is 0.00924. The Labute approximate surface area is 803 Å². The SMILES string of the molecule is CO[C@H]1C[C@@H]2CC[C@@H](C)[C@@](O)(O2)C(=O)C(=O)N2CCCC[C@H]2C(=O)O[C@H]([C@H](N)C[C@@H]2CC[C@@H](OC(=O)NCc3cnc(N4CCN(c5ncc(C(=O)NCCOCCOCCOCCOCCC(=O)N6CCc7cc(Cn8nc(-c9cnc%10[nH]ccc%10c9)c9c(N)ncnc98)ccc7C6)cn5)CC4CO)nc3)[C@H](OC)C2)CC(=O)[C@H](C)/C=C(\C)[C@@H](O)[C@@H](OC)C(=O)[C@H](C)C[C@H](C)/C=C/C=CC=C1C. The van der Waals surface area contributed by atoms with Crippen LogP contribution in [0.3, 0.4) is 0 Å². The van der Waals surface area contributed by atoms with Gasteiger partial charge in [0.25, 0.3) is 17.6 Å². The maximum atomic E-state index is 14.8. The number of hydrogen-bond donors (Lipinski definition) is 8. The highest BCUT2D eigenvalue weighted by atomic mass is 16.6. The number of pyridine rings is 1. The van der Waals surface area contributed by atoms with Crippen molar-refractivity contribution in [3.63, 3.8) is 0 Å². The van der Waals surface area contributed by atoms with Gasteiger partial charge in [-0.1, -0.05) is 82.4 Å². The number of carbonyl (C=O) groups is 8. The molecule has 2 bridgehead atoms.